The summed E-state index contributed by atoms with van der Waals surface area (Å²) in [5.41, 5.74) is 6.16. The number of rotatable bonds is 2. The van der Waals surface area contributed by atoms with Crippen molar-refractivity contribution < 1.29 is 4.74 Å². The molecule has 1 aromatic carbocycles. The molecule has 6 heteroatoms. The number of benzene rings is 1. The number of anilines is 1. The van der Waals surface area contributed by atoms with Gasteiger partial charge >= 0.3 is 0 Å². The summed E-state index contributed by atoms with van der Waals surface area (Å²) in [6.07, 6.45) is -0.287. The maximum absolute atomic E-state index is 10.8. The maximum atomic E-state index is 10.8. The lowest BCUT2D eigenvalue weighted by Crippen LogP contribution is -2.48. The van der Waals surface area contributed by atoms with Gasteiger partial charge in [-0.1, -0.05) is 17.7 Å². The first-order valence-corrected chi connectivity index (χ1v) is 5.34. The molecule has 16 heavy (non-hydrogen) atoms. The molecule has 0 fully saturated rings. The Morgan fingerprint density at radius 1 is 1.62 bits per heavy atom. The van der Waals surface area contributed by atoms with Crippen LogP contribution >= 0.6 is 11.6 Å². The SMILES string of the molecule is CC1C(CN)Oc2c(Cl)cccc2N1N=O. The molecule has 2 unspecified atom stereocenters. The molecule has 5 nitrogen and oxygen atoms in total. The van der Waals surface area contributed by atoms with Crippen LogP contribution in [0, 0.1) is 4.91 Å². The Morgan fingerprint density at radius 2 is 2.38 bits per heavy atom. The average Bonchev–Trinajstić information content (AvgIpc) is 2.29. The molecule has 0 spiro atoms. The molecule has 1 aromatic rings. The van der Waals surface area contributed by atoms with E-state index in [0.717, 1.165) is 0 Å². The zero-order valence-electron chi connectivity index (χ0n) is 8.76. The largest absolute Gasteiger partial charge is 0.483 e. The third-order valence-corrected chi connectivity index (χ3v) is 3.00. The molecule has 2 atom stereocenters. The van der Waals surface area contributed by atoms with E-state index in [2.05, 4.69) is 5.29 Å². The van der Waals surface area contributed by atoms with Crippen LogP contribution in [0.4, 0.5) is 5.69 Å². The van der Waals surface area contributed by atoms with Crippen molar-refractivity contribution in [2.24, 2.45) is 11.0 Å². The van der Waals surface area contributed by atoms with E-state index in [1.807, 2.05) is 6.92 Å². The van der Waals surface area contributed by atoms with Crippen molar-refractivity contribution in [3.8, 4) is 5.75 Å². The Bertz CT molecular complexity index is 413. The van der Waals surface area contributed by atoms with Crippen molar-refractivity contribution >= 4 is 17.3 Å². The van der Waals surface area contributed by atoms with E-state index in [0.29, 0.717) is 23.0 Å². The molecule has 1 heterocycles. The molecule has 0 radical (unpaired) electrons. The smallest absolute Gasteiger partial charge is 0.163 e. The topological polar surface area (TPSA) is 67.9 Å². The monoisotopic (exact) mass is 241 g/mol. The molecule has 1 aliphatic heterocycles. The number of hydrogen-bond acceptors (Lipinski definition) is 4. The van der Waals surface area contributed by atoms with Gasteiger partial charge in [-0.25, -0.2) is 5.01 Å². The van der Waals surface area contributed by atoms with Crippen molar-refractivity contribution in [3.05, 3.63) is 28.1 Å². The third-order valence-electron chi connectivity index (χ3n) is 2.71. The standard InChI is InChI=1S/C10H12ClN3O2/c1-6-9(5-12)16-10-7(11)3-2-4-8(10)14(6)13-15/h2-4,6,9H,5,12H2,1H3. The highest BCUT2D eigenvalue weighted by molar-refractivity contribution is 6.32. The van der Waals surface area contributed by atoms with Crippen molar-refractivity contribution in [2.75, 3.05) is 11.6 Å². The van der Waals surface area contributed by atoms with Gasteiger partial charge in [0.25, 0.3) is 0 Å². The minimum absolute atomic E-state index is 0.200. The van der Waals surface area contributed by atoms with Crippen LogP contribution in [-0.4, -0.2) is 18.7 Å². The normalized spacial score (nSPS) is 23.6. The first-order valence-electron chi connectivity index (χ1n) is 4.96. The quantitative estimate of drug-likeness (QED) is 0.804. The zero-order valence-corrected chi connectivity index (χ0v) is 9.52. The Balaban J connectivity index is 2.50. The van der Waals surface area contributed by atoms with Crippen LogP contribution in [0.15, 0.2) is 23.5 Å². The van der Waals surface area contributed by atoms with Crippen LogP contribution in [0.5, 0.6) is 5.75 Å². The number of halogens is 1. The lowest BCUT2D eigenvalue weighted by molar-refractivity contribution is 0.165. The van der Waals surface area contributed by atoms with Crippen molar-refractivity contribution in [3.63, 3.8) is 0 Å². The van der Waals surface area contributed by atoms with Gasteiger partial charge in [-0.3, -0.25) is 0 Å². The van der Waals surface area contributed by atoms with E-state index in [1.54, 1.807) is 18.2 Å². The molecule has 0 aromatic heterocycles. The van der Waals surface area contributed by atoms with Crippen LogP contribution < -0.4 is 15.5 Å². The Labute approximate surface area is 98.1 Å². The predicted octanol–water partition coefficient (Wildman–Crippen LogP) is 1.94. The molecule has 1 aliphatic rings. The number of para-hydroxylation sites is 1. The van der Waals surface area contributed by atoms with E-state index in [1.165, 1.54) is 5.01 Å². The van der Waals surface area contributed by atoms with Crippen LogP contribution in [0.2, 0.25) is 5.02 Å². The molecule has 0 bridgehead atoms. The van der Waals surface area contributed by atoms with Gasteiger partial charge in [0.2, 0.25) is 0 Å². The summed E-state index contributed by atoms with van der Waals surface area (Å²) in [7, 11) is 0. The molecular formula is C10H12ClN3O2. The van der Waals surface area contributed by atoms with Gasteiger partial charge in [0.1, 0.15) is 11.8 Å². The van der Waals surface area contributed by atoms with Gasteiger partial charge in [-0.15, -0.1) is 4.91 Å². The summed E-state index contributed by atoms with van der Waals surface area (Å²) in [5, 5.41) is 4.80. The molecule has 0 saturated carbocycles. The number of nitrogens with zero attached hydrogens (tertiary/aromatic N) is 2. The van der Waals surface area contributed by atoms with Gasteiger partial charge in [-0.05, 0) is 19.1 Å². The second-order valence-corrected chi connectivity index (χ2v) is 4.05. The second kappa shape index (κ2) is 4.27. The fourth-order valence-electron chi connectivity index (χ4n) is 1.78. The van der Waals surface area contributed by atoms with Crippen LogP contribution in [0.1, 0.15) is 6.92 Å². The summed E-state index contributed by atoms with van der Waals surface area (Å²) in [6.45, 7) is 2.14. The van der Waals surface area contributed by atoms with E-state index < -0.39 is 0 Å². The molecule has 0 amide bonds. The number of fused-ring (bicyclic) bond motifs is 1. The van der Waals surface area contributed by atoms with Crippen molar-refractivity contribution in [1.29, 1.82) is 0 Å². The van der Waals surface area contributed by atoms with E-state index in [-0.39, 0.29) is 12.1 Å². The number of ether oxygens (including phenoxy) is 1. The first kappa shape index (κ1) is 11.2. The number of hydrogen-bond donors (Lipinski definition) is 1. The minimum Gasteiger partial charge on any atom is -0.483 e. The lowest BCUT2D eigenvalue weighted by atomic mass is 10.1. The molecular weight excluding hydrogens is 230 g/mol. The zero-order chi connectivity index (χ0) is 11.7. The maximum Gasteiger partial charge on any atom is 0.163 e. The van der Waals surface area contributed by atoms with E-state index in [9.17, 15) is 4.91 Å². The van der Waals surface area contributed by atoms with Gasteiger partial charge in [-0.2, -0.15) is 0 Å². The second-order valence-electron chi connectivity index (χ2n) is 3.65. The van der Waals surface area contributed by atoms with Crippen molar-refractivity contribution in [2.45, 2.75) is 19.1 Å². The highest BCUT2D eigenvalue weighted by atomic mass is 35.5. The van der Waals surface area contributed by atoms with Crippen LogP contribution in [0.25, 0.3) is 0 Å². The summed E-state index contributed by atoms with van der Waals surface area (Å²) in [6, 6.07) is 4.99. The minimum atomic E-state index is -0.287. The molecule has 0 aliphatic carbocycles. The number of nitrogens with two attached hydrogens (primary N) is 1. The van der Waals surface area contributed by atoms with Crippen molar-refractivity contribution in [1.82, 2.24) is 0 Å². The highest BCUT2D eigenvalue weighted by Gasteiger charge is 2.34. The number of nitroso groups, excluding NO2 is 1. The average molecular weight is 242 g/mol. The van der Waals surface area contributed by atoms with Gasteiger partial charge in [0.15, 0.2) is 5.75 Å². The van der Waals surface area contributed by atoms with Gasteiger partial charge < -0.3 is 10.5 Å². The van der Waals surface area contributed by atoms with E-state index in [4.69, 9.17) is 22.1 Å². The summed E-state index contributed by atoms with van der Waals surface area (Å²) >= 11 is 6.00. The van der Waals surface area contributed by atoms with Gasteiger partial charge in [0.05, 0.1) is 16.4 Å². The highest BCUT2D eigenvalue weighted by Crippen LogP contribution is 2.41. The van der Waals surface area contributed by atoms with Crippen LogP contribution in [0.3, 0.4) is 0 Å². The van der Waals surface area contributed by atoms with Gasteiger partial charge in [0, 0.05) is 6.54 Å². The first-order chi connectivity index (χ1) is 7.69. The summed E-state index contributed by atoms with van der Waals surface area (Å²) in [5.74, 6) is 0.470. The third kappa shape index (κ3) is 1.62. The molecule has 86 valence electrons. The van der Waals surface area contributed by atoms with Crippen LogP contribution in [-0.2, 0) is 0 Å². The summed E-state index contributed by atoms with van der Waals surface area (Å²) in [4.78, 5) is 10.8. The fourth-order valence-corrected chi connectivity index (χ4v) is 2.00. The molecule has 0 saturated heterocycles. The lowest BCUT2D eigenvalue weighted by Gasteiger charge is -2.36. The predicted molar refractivity (Wildman–Crippen MR) is 62.7 cm³/mol. The molecule has 2 N–H and O–H groups in total. The Hall–Kier alpha value is -1.33. The fraction of sp³-hybridized carbons (Fsp3) is 0.400. The summed E-state index contributed by atoms with van der Waals surface area (Å²) < 4.78 is 5.66. The Morgan fingerprint density at radius 3 is 3.00 bits per heavy atom. The Kier molecular flexibility index (Phi) is 2.98. The molecule has 2 rings (SSSR count). The van der Waals surface area contributed by atoms with E-state index >= 15 is 0 Å².